The number of rotatable bonds is 4. The Morgan fingerprint density at radius 1 is 1.47 bits per heavy atom. The van der Waals surface area contributed by atoms with Gasteiger partial charge in [-0.15, -0.1) is 0 Å². The van der Waals surface area contributed by atoms with E-state index in [1.165, 1.54) is 0 Å². The van der Waals surface area contributed by atoms with Gasteiger partial charge in [-0.2, -0.15) is 0 Å². The lowest BCUT2D eigenvalue weighted by molar-refractivity contribution is 0.0231. The van der Waals surface area contributed by atoms with Gasteiger partial charge in [-0.05, 0) is 24.6 Å². The second-order valence-electron chi connectivity index (χ2n) is 6.60. The molecule has 1 aliphatic heterocycles. The molecule has 1 heterocycles. The molecule has 4 atom stereocenters. The number of aliphatic hydroxyl groups excluding tert-OH is 1. The number of aliphatic hydroxyl groups is 1. The summed E-state index contributed by atoms with van der Waals surface area (Å²) in [7, 11) is 0.158. The first-order valence-corrected chi connectivity index (χ1v) is 9.50. The molecule has 0 aliphatic carbocycles. The summed E-state index contributed by atoms with van der Waals surface area (Å²) in [5.41, 5.74) is 0. The van der Waals surface area contributed by atoms with Crippen molar-refractivity contribution in [2.24, 2.45) is 0 Å². The van der Waals surface area contributed by atoms with Crippen molar-refractivity contribution in [3.63, 3.8) is 0 Å². The van der Waals surface area contributed by atoms with Gasteiger partial charge in [0.1, 0.15) is 14.0 Å². The van der Waals surface area contributed by atoms with Crippen molar-refractivity contribution in [2.45, 2.75) is 76.6 Å². The summed E-state index contributed by atoms with van der Waals surface area (Å²) in [5, 5.41) is 5.03. The Balaban J connectivity index is 2.82. The summed E-state index contributed by atoms with van der Waals surface area (Å²) in [5.74, 6) is 0. The summed E-state index contributed by atoms with van der Waals surface area (Å²) in [6.07, 6.45) is 0.449. The van der Waals surface area contributed by atoms with Gasteiger partial charge < -0.3 is 14.3 Å². The Morgan fingerprint density at radius 3 is 2.47 bits per heavy atom. The Morgan fingerprint density at radius 2 is 2.06 bits per heavy atom. The Hall–Kier alpha value is 0.162. The van der Waals surface area contributed by atoms with Crippen LogP contribution in [0.3, 0.4) is 0 Å². The normalized spacial score (nSPS) is 36.0. The molecule has 5 heteroatoms. The standard InChI is InChI=1S/C12H27BO3Si/c1-7-8-9(14)10(11(13)15-8)16-17(5,6)12(2,3)4/h8-11,14H,7,13H2,1-6H3/t8-,9?,10+,11-/m1/s1/i14D. The summed E-state index contributed by atoms with van der Waals surface area (Å²) in [6, 6.07) is -0.000532. The van der Waals surface area contributed by atoms with Crippen LogP contribution in [0.5, 0.6) is 0 Å². The Bertz CT molecular complexity index is 283. The van der Waals surface area contributed by atoms with Crippen LogP contribution in [0.4, 0.5) is 0 Å². The lowest BCUT2D eigenvalue weighted by Crippen LogP contribution is -2.49. The van der Waals surface area contributed by atoms with Crippen molar-refractivity contribution in [1.29, 1.82) is 1.43 Å². The number of hydrogen-bond acceptors (Lipinski definition) is 3. The molecule has 1 saturated heterocycles. The second-order valence-corrected chi connectivity index (χ2v) is 11.4. The van der Waals surface area contributed by atoms with Crippen LogP contribution in [0.2, 0.25) is 18.1 Å². The van der Waals surface area contributed by atoms with Gasteiger partial charge in [0.15, 0.2) is 8.32 Å². The van der Waals surface area contributed by atoms with Crippen LogP contribution in [0.15, 0.2) is 0 Å². The molecule has 0 saturated carbocycles. The van der Waals surface area contributed by atoms with Crippen molar-refractivity contribution < 1.29 is 14.3 Å². The van der Waals surface area contributed by atoms with Gasteiger partial charge in [-0.1, -0.05) is 27.7 Å². The van der Waals surface area contributed by atoms with Crippen molar-refractivity contribution in [2.75, 3.05) is 0 Å². The lowest BCUT2D eigenvalue weighted by atomic mass is 9.93. The van der Waals surface area contributed by atoms with Gasteiger partial charge >= 0.3 is 0 Å². The van der Waals surface area contributed by atoms with Gasteiger partial charge in [0.05, 0.1) is 18.2 Å². The average Bonchev–Trinajstić information content (AvgIpc) is 2.53. The molecule has 1 fully saturated rings. The second kappa shape index (κ2) is 5.04. The maximum atomic E-state index is 7.27. The third kappa shape index (κ3) is 3.13. The summed E-state index contributed by atoms with van der Waals surface area (Å²) < 4.78 is 19.5. The summed E-state index contributed by atoms with van der Waals surface area (Å²) >= 11 is 0. The molecule has 0 radical (unpaired) electrons. The Labute approximate surface area is 109 Å². The van der Waals surface area contributed by atoms with Crippen LogP contribution < -0.4 is 0 Å². The van der Waals surface area contributed by atoms with E-state index in [-0.39, 0.29) is 29.4 Å². The summed E-state index contributed by atoms with van der Waals surface area (Å²) in [6.45, 7) is 13.1. The molecule has 0 spiro atoms. The fourth-order valence-electron chi connectivity index (χ4n) is 1.92. The SMILES string of the molecule is [2H]OC1[C@@H](CC)O[C@@H](B)[C@H]1O[Si](C)(C)C(C)(C)C. The van der Waals surface area contributed by atoms with Gasteiger partial charge in [0.2, 0.25) is 1.43 Å². The van der Waals surface area contributed by atoms with Crippen LogP contribution in [-0.4, -0.2) is 47.0 Å². The monoisotopic (exact) mass is 259 g/mol. The fraction of sp³-hybridized carbons (Fsp3) is 1.00. The Kier molecular flexibility index (Phi) is 4.03. The zero-order chi connectivity index (χ0) is 14.1. The molecular weight excluding hydrogens is 231 g/mol. The molecule has 17 heavy (non-hydrogen) atoms. The van der Waals surface area contributed by atoms with E-state index in [0.29, 0.717) is 0 Å². The third-order valence-electron chi connectivity index (χ3n) is 4.18. The zero-order valence-corrected chi connectivity index (χ0v) is 13.2. The summed E-state index contributed by atoms with van der Waals surface area (Å²) in [4.78, 5) is 0. The smallest absolute Gasteiger partial charge is 0.211 e. The van der Waals surface area contributed by atoms with Gasteiger partial charge in [0, 0.05) is 0 Å². The van der Waals surface area contributed by atoms with Crippen LogP contribution in [0.1, 0.15) is 34.1 Å². The van der Waals surface area contributed by atoms with E-state index in [2.05, 4.69) is 40.8 Å². The average molecular weight is 259 g/mol. The zero-order valence-electron chi connectivity index (χ0n) is 13.2. The number of ether oxygens (including phenoxy) is 1. The van der Waals surface area contributed by atoms with Crippen molar-refractivity contribution in [3.8, 4) is 0 Å². The van der Waals surface area contributed by atoms with Crippen LogP contribution in [-0.2, 0) is 9.16 Å². The van der Waals surface area contributed by atoms with Crippen LogP contribution in [0, 0.1) is 0 Å². The van der Waals surface area contributed by atoms with E-state index in [1.807, 2.05) is 7.85 Å². The predicted octanol–water partition coefficient (Wildman–Crippen LogP) is 1.51. The largest absolute Gasteiger partial charge is 0.409 e. The van der Waals surface area contributed by atoms with E-state index in [1.54, 1.807) is 0 Å². The van der Waals surface area contributed by atoms with Gasteiger partial charge in [-0.25, -0.2) is 0 Å². The highest BCUT2D eigenvalue weighted by molar-refractivity contribution is 6.74. The molecule has 0 aromatic carbocycles. The molecule has 1 rings (SSSR count). The van der Waals surface area contributed by atoms with E-state index >= 15 is 0 Å². The highest BCUT2D eigenvalue weighted by Gasteiger charge is 2.47. The first-order valence-electron chi connectivity index (χ1n) is 7.00. The van der Waals surface area contributed by atoms with E-state index in [9.17, 15) is 0 Å². The molecule has 1 N–H and O–H groups in total. The van der Waals surface area contributed by atoms with Crippen LogP contribution >= 0.6 is 0 Å². The molecule has 100 valence electrons. The topological polar surface area (TPSA) is 38.7 Å². The van der Waals surface area contributed by atoms with Crippen molar-refractivity contribution >= 4 is 16.2 Å². The van der Waals surface area contributed by atoms with E-state index in [0.717, 1.165) is 6.42 Å². The highest BCUT2D eigenvalue weighted by Crippen LogP contribution is 2.39. The third-order valence-corrected chi connectivity index (χ3v) is 8.66. The quantitative estimate of drug-likeness (QED) is 0.778. The van der Waals surface area contributed by atoms with Crippen molar-refractivity contribution in [3.05, 3.63) is 0 Å². The van der Waals surface area contributed by atoms with Gasteiger partial charge in [0.25, 0.3) is 0 Å². The van der Waals surface area contributed by atoms with E-state index < -0.39 is 8.32 Å². The molecule has 0 bridgehead atoms. The molecule has 0 amide bonds. The molecular formula is C12H27BO3Si. The van der Waals surface area contributed by atoms with Gasteiger partial charge in [-0.3, -0.25) is 0 Å². The maximum absolute atomic E-state index is 7.27. The minimum atomic E-state index is -1.86. The van der Waals surface area contributed by atoms with Crippen LogP contribution in [0.25, 0.3) is 0 Å². The van der Waals surface area contributed by atoms with E-state index in [4.69, 9.17) is 15.7 Å². The molecule has 0 aromatic heterocycles. The van der Waals surface area contributed by atoms with Crippen molar-refractivity contribution in [1.82, 2.24) is 0 Å². The molecule has 0 aromatic rings. The first-order chi connectivity index (χ1) is 8.14. The minimum absolute atomic E-state index is 0.000532. The minimum Gasteiger partial charge on any atom is -0.409 e. The molecule has 1 unspecified atom stereocenters. The molecule has 1 aliphatic rings. The first kappa shape index (κ1) is 13.6. The maximum Gasteiger partial charge on any atom is 0.211 e. The predicted molar refractivity (Wildman–Crippen MR) is 75.6 cm³/mol. The lowest BCUT2D eigenvalue weighted by Gasteiger charge is -2.39. The fourth-order valence-corrected chi connectivity index (χ4v) is 3.28. The highest BCUT2D eigenvalue weighted by atomic mass is 28.4. The molecule has 3 nitrogen and oxygen atoms in total. The number of hydrogen-bond donors (Lipinski definition) is 1.